The van der Waals surface area contributed by atoms with Crippen LogP contribution in [0.2, 0.25) is 0 Å². The minimum Gasteiger partial charge on any atom is -0.352 e. The van der Waals surface area contributed by atoms with Gasteiger partial charge in [-0.1, -0.05) is 0 Å². The van der Waals surface area contributed by atoms with Gasteiger partial charge in [-0.15, -0.1) is 12.4 Å². The van der Waals surface area contributed by atoms with Crippen LogP contribution in [-0.2, 0) is 11.2 Å². The van der Waals surface area contributed by atoms with Gasteiger partial charge in [0, 0.05) is 24.2 Å². The fraction of sp³-hybridized carbons (Fsp3) is 0.588. The molecule has 0 spiro atoms. The minimum atomic E-state index is -0.363. The molecule has 2 heterocycles. The van der Waals surface area contributed by atoms with Gasteiger partial charge in [-0.05, 0) is 57.7 Å². The van der Waals surface area contributed by atoms with Crippen molar-refractivity contribution in [3.8, 4) is 6.07 Å². The summed E-state index contributed by atoms with van der Waals surface area (Å²) < 4.78 is 0. The monoisotopic (exact) mass is 352 g/mol. The van der Waals surface area contributed by atoms with E-state index in [9.17, 15) is 9.59 Å². The number of nitrogens with zero attached hydrogens (tertiary/aromatic N) is 1. The van der Waals surface area contributed by atoms with Crippen LogP contribution < -0.4 is 16.2 Å². The van der Waals surface area contributed by atoms with Crippen molar-refractivity contribution in [3.05, 3.63) is 32.7 Å². The van der Waals surface area contributed by atoms with Crippen LogP contribution in [0.5, 0.6) is 0 Å². The number of hydrogen-bond donors (Lipinski definition) is 3. The summed E-state index contributed by atoms with van der Waals surface area (Å²) in [4.78, 5) is 26.6. The number of nitrogens with one attached hydrogen (secondary N) is 3. The Bertz CT molecular complexity index is 693. The summed E-state index contributed by atoms with van der Waals surface area (Å²) in [6.45, 7) is 6.65. The summed E-state index contributed by atoms with van der Waals surface area (Å²) in [5, 5.41) is 15.5. The smallest absolute Gasteiger partial charge is 0.266 e. The molecule has 132 valence electrons. The number of hydrogen-bond acceptors (Lipinski definition) is 4. The molecule has 1 aliphatic rings. The van der Waals surface area contributed by atoms with Crippen molar-refractivity contribution in [2.24, 2.45) is 0 Å². The number of rotatable bonds is 4. The predicted molar refractivity (Wildman–Crippen MR) is 95.5 cm³/mol. The summed E-state index contributed by atoms with van der Waals surface area (Å²) in [7, 11) is 0. The molecule has 0 bridgehead atoms. The first-order valence-corrected chi connectivity index (χ1v) is 8.09. The van der Waals surface area contributed by atoms with Gasteiger partial charge in [0.15, 0.2) is 0 Å². The molecule has 1 saturated heterocycles. The topological polar surface area (TPSA) is 97.8 Å². The van der Waals surface area contributed by atoms with Gasteiger partial charge in [-0.2, -0.15) is 5.26 Å². The van der Waals surface area contributed by atoms with Gasteiger partial charge < -0.3 is 15.6 Å². The number of carbonyl (C=O) groups excluding carboxylic acids is 1. The number of nitriles is 1. The van der Waals surface area contributed by atoms with Crippen LogP contribution in [0.1, 0.15) is 48.6 Å². The molecule has 3 N–H and O–H groups in total. The average Bonchev–Trinajstić information content (AvgIpc) is 2.49. The number of aromatic amines is 1. The summed E-state index contributed by atoms with van der Waals surface area (Å²) >= 11 is 0. The molecule has 2 rings (SSSR count). The summed E-state index contributed by atoms with van der Waals surface area (Å²) in [6, 6.07) is 2.39. The van der Waals surface area contributed by atoms with E-state index in [2.05, 4.69) is 22.5 Å². The van der Waals surface area contributed by atoms with Crippen molar-refractivity contribution in [1.82, 2.24) is 15.6 Å². The first-order valence-electron chi connectivity index (χ1n) is 8.09. The Morgan fingerprint density at radius 2 is 2.12 bits per heavy atom. The molecule has 1 aromatic rings. The van der Waals surface area contributed by atoms with E-state index in [1.165, 1.54) is 0 Å². The third kappa shape index (κ3) is 4.59. The van der Waals surface area contributed by atoms with Crippen LogP contribution in [0.4, 0.5) is 0 Å². The van der Waals surface area contributed by atoms with Crippen molar-refractivity contribution in [1.29, 1.82) is 5.26 Å². The summed E-state index contributed by atoms with van der Waals surface area (Å²) in [5.41, 5.74) is 2.06. The highest BCUT2D eigenvalue weighted by molar-refractivity contribution is 5.85. The molecule has 0 saturated carbocycles. The predicted octanol–water partition coefficient (Wildman–Crippen LogP) is 1.47. The molecule has 2 unspecified atom stereocenters. The highest BCUT2D eigenvalue weighted by Crippen LogP contribution is 2.15. The molecular weight excluding hydrogens is 328 g/mol. The van der Waals surface area contributed by atoms with Gasteiger partial charge in [-0.3, -0.25) is 9.59 Å². The third-order valence-electron chi connectivity index (χ3n) is 4.63. The largest absolute Gasteiger partial charge is 0.352 e. The molecule has 1 aliphatic heterocycles. The Hall–Kier alpha value is -1.84. The summed E-state index contributed by atoms with van der Waals surface area (Å²) in [6.07, 6.45) is 2.93. The van der Waals surface area contributed by atoms with Crippen LogP contribution in [0, 0.1) is 25.2 Å². The van der Waals surface area contributed by atoms with Crippen molar-refractivity contribution in [3.63, 3.8) is 0 Å². The maximum Gasteiger partial charge on any atom is 0.266 e. The number of aromatic nitrogens is 1. The van der Waals surface area contributed by atoms with Crippen LogP contribution in [-0.4, -0.2) is 29.5 Å². The van der Waals surface area contributed by atoms with E-state index in [-0.39, 0.29) is 41.5 Å². The highest BCUT2D eigenvalue weighted by Gasteiger charge is 2.22. The van der Waals surface area contributed by atoms with E-state index in [4.69, 9.17) is 5.26 Å². The van der Waals surface area contributed by atoms with Crippen molar-refractivity contribution in [2.45, 2.75) is 58.5 Å². The van der Waals surface area contributed by atoms with Crippen molar-refractivity contribution < 1.29 is 4.79 Å². The molecule has 6 nitrogen and oxygen atoms in total. The number of amides is 1. The van der Waals surface area contributed by atoms with Crippen LogP contribution in [0.25, 0.3) is 0 Å². The number of halogens is 1. The lowest BCUT2D eigenvalue weighted by Gasteiger charge is -2.30. The standard InChI is InChI=1S/C17H24N4O2.ClH/c1-10-13(11(2)20-17(23)14(10)9-18)6-7-16(22)21-15-5-4-8-19-12(15)3;/h12,15,19H,4-8H2,1-3H3,(H,20,23)(H,21,22);1H. The Kier molecular flexibility index (Phi) is 7.46. The van der Waals surface area contributed by atoms with Gasteiger partial charge >= 0.3 is 0 Å². The average molecular weight is 353 g/mol. The van der Waals surface area contributed by atoms with E-state index in [0.717, 1.165) is 30.6 Å². The second-order valence-electron chi connectivity index (χ2n) is 6.23. The molecule has 1 fully saturated rings. The second-order valence-corrected chi connectivity index (χ2v) is 6.23. The maximum atomic E-state index is 12.2. The lowest BCUT2D eigenvalue weighted by Crippen LogP contribution is -2.51. The van der Waals surface area contributed by atoms with Gasteiger partial charge in [0.25, 0.3) is 5.56 Å². The zero-order valence-electron chi connectivity index (χ0n) is 14.4. The molecule has 1 aromatic heterocycles. The van der Waals surface area contributed by atoms with Gasteiger partial charge in [0.1, 0.15) is 11.6 Å². The number of aryl methyl sites for hydroxylation is 1. The number of pyridine rings is 1. The highest BCUT2D eigenvalue weighted by atomic mass is 35.5. The zero-order chi connectivity index (χ0) is 17.0. The SMILES string of the molecule is Cc1[nH]c(=O)c(C#N)c(C)c1CCC(=O)NC1CCCNC1C.Cl. The molecule has 1 amide bonds. The number of H-pyrrole nitrogens is 1. The van der Waals surface area contributed by atoms with Crippen molar-refractivity contribution in [2.75, 3.05) is 6.54 Å². The Morgan fingerprint density at radius 1 is 1.42 bits per heavy atom. The van der Waals surface area contributed by atoms with Crippen LogP contribution in [0.3, 0.4) is 0 Å². The maximum absolute atomic E-state index is 12.2. The molecule has 0 radical (unpaired) electrons. The fourth-order valence-electron chi connectivity index (χ4n) is 3.18. The summed E-state index contributed by atoms with van der Waals surface area (Å²) in [5.74, 6) is 0.00839. The van der Waals surface area contributed by atoms with Crippen LogP contribution in [0.15, 0.2) is 4.79 Å². The van der Waals surface area contributed by atoms with Crippen LogP contribution >= 0.6 is 12.4 Å². The van der Waals surface area contributed by atoms with E-state index < -0.39 is 0 Å². The quantitative estimate of drug-likeness (QED) is 0.764. The number of piperidine rings is 1. The Morgan fingerprint density at radius 3 is 2.75 bits per heavy atom. The van der Waals surface area contributed by atoms with E-state index in [1.807, 2.05) is 6.07 Å². The lowest BCUT2D eigenvalue weighted by molar-refractivity contribution is -0.122. The Balaban J connectivity index is 0.00000288. The van der Waals surface area contributed by atoms with Gasteiger partial charge in [0.2, 0.25) is 5.91 Å². The zero-order valence-corrected chi connectivity index (χ0v) is 15.2. The first-order chi connectivity index (χ1) is 10.9. The van der Waals surface area contributed by atoms with Gasteiger partial charge in [0.05, 0.1) is 0 Å². The van der Waals surface area contributed by atoms with E-state index in [1.54, 1.807) is 13.8 Å². The first kappa shape index (κ1) is 20.2. The minimum absolute atomic E-state index is 0. The van der Waals surface area contributed by atoms with Gasteiger partial charge in [-0.25, -0.2) is 0 Å². The fourth-order valence-corrected chi connectivity index (χ4v) is 3.18. The number of carbonyl (C=O) groups is 1. The lowest BCUT2D eigenvalue weighted by atomic mass is 9.97. The molecular formula is C17H25ClN4O2. The molecule has 7 heteroatoms. The molecule has 0 aliphatic carbocycles. The molecule has 2 atom stereocenters. The third-order valence-corrected chi connectivity index (χ3v) is 4.63. The molecule has 24 heavy (non-hydrogen) atoms. The van der Waals surface area contributed by atoms with Crippen molar-refractivity contribution >= 4 is 18.3 Å². The normalized spacial score (nSPS) is 19.9. The van der Waals surface area contributed by atoms with E-state index >= 15 is 0 Å². The molecule has 0 aromatic carbocycles. The Labute approximate surface area is 148 Å². The van der Waals surface area contributed by atoms with E-state index in [0.29, 0.717) is 18.4 Å². The second kappa shape index (κ2) is 8.86.